The topological polar surface area (TPSA) is 117 Å². The number of nitrogens with zero attached hydrogens (tertiary/aromatic N) is 1. The fourth-order valence-corrected chi connectivity index (χ4v) is 5.04. The minimum Gasteiger partial charge on any atom is -0.379 e. The van der Waals surface area contributed by atoms with Gasteiger partial charge in [0.15, 0.2) is 0 Å². The van der Waals surface area contributed by atoms with Gasteiger partial charge < -0.3 is 20.7 Å². The second kappa shape index (κ2) is 11.1. The van der Waals surface area contributed by atoms with Crippen molar-refractivity contribution in [3.05, 3.63) is 84.4 Å². The number of carbonyl (C=O) groups excluding carboxylic acids is 2. The van der Waals surface area contributed by atoms with Gasteiger partial charge in [0.05, 0.1) is 35.9 Å². The highest BCUT2D eigenvalue weighted by atomic mass is 32.2. The van der Waals surface area contributed by atoms with E-state index in [2.05, 4.69) is 16.0 Å². The number of benzene rings is 3. The lowest BCUT2D eigenvalue weighted by Gasteiger charge is -2.26. The van der Waals surface area contributed by atoms with Crippen LogP contribution < -0.4 is 16.0 Å². The average Bonchev–Trinajstić information content (AvgIpc) is 2.89. The van der Waals surface area contributed by atoms with E-state index >= 15 is 0 Å². The first-order valence-electron chi connectivity index (χ1n) is 11.1. The minimum absolute atomic E-state index is 0.115. The van der Waals surface area contributed by atoms with Gasteiger partial charge in [-0.3, -0.25) is 9.59 Å². The smallest absolute Gasteiger partial charge is 0.257 e. The number of anilines is 3. The molecule has 2 amide bonds. The number of nitrogens with one attached hydrogen (secondary N) is 3. The van der Waals surface area contributed by atoms with E-state index in [1.54, 1.807) is 48.5 Å². The molecule has 4 rings (SSSR count). The van der Waals surface area contributed by atoms with E-state index < -0.39 is 10.0 Å². The van der Waals surface area contributed by atoms with Crippen molar-refractivity contribution >= 4 is 38.9 Å². The standard InChI is InChI=1S/C25H26N4O5S/c30-24(28-23-12-5-4-11-22(23)25(31)27-19-7-2-1-3-8-19)18-26-20-9-6-10-21(17-20)35(32,33)29-13-15-34-16-14-29/h1-12,17,26H,13-16,18H2,(H,27,31)(H,28,30). The molecule has 3 aromatic rings. The van der Waals surface area contributed by atoms with Gasteiger partial charge in [-0.1, -0.05) is 36.4 Å². The minimum atomic E-state index is -3.64. The van der Waals surface area contributed by atoms with Crippen molar-refractivity contribution in [2.45, 2.75) is 4.90 Å². The normalized spacial score (nSPS) is 14.2. The summed E-state index contributed by atoms with van der Waals surface area (Å²) in [6.45, 7) is 1.22. The molecule has 1 heterocycles. The fraction of sp³-hybridized carbons (Fsp3) is 0.200. The van der Waals surface area contributed by atoms with Crippen LogP contribution in [-0.2, 0) is 19.6 Å². The summed E-state index contributed by atoms with van der Waals surface area (Å²) < 4.78 is 32.4. The molecular formula is C25H26N4O5S. The number of para-hydroxylation sites is 2. The predicted molar refractivity (Wildman–Crippen MR) is 134 cm³/mol. The Bertz CT molecular complexity index is 1290. The molecular weight excluding hydrogens is 468 g/mol. The SMILES string of the molecule is O=C(CNc1cccc(S(=O)(=O)N2CCOCC2)c1)Nc1ccccc1C(=O)Nc1ccccc1. The maximum Gasteiger partial charge on any atom is 0.257 e. The van der Waals surface area contributed by atoms with Gasteiger partial charge in [-0.25, -0.2) is 8.42 Å². The molecule has 9 nitrogen and oxygen atoms in total. The van der Waals surface area contributed by atoms with Crippen LogP contribution in [0.3, 0.4) is 0 Å². The first-order chi connectivity index (χ1) is 16.9. The summed E-state index contributed by atoms with van der Waals surface area (Å²) in [4.78, 5) is 25.5. The van der Waals surface area contributed by atoms with Crippen molar-refractivity contribution in [3.63, 3.8) is 0 Å². The number of morpholine rings is 1. The quantitative estimate of drug-likeness (QED) is 0.443. The van der Waals surface area contributed by atoms with Crippen LogP contribution >= 0.6 is 0 Å². The van der Waals surface area contributed by atoms with E-state index in [-0.39, 0.29) is 23.3 Å². The Morgan fingerprint density at radius 1 is 0.829 bits per heavy atom. The van der Waals surface area contributed by atoms with E-state index in [1.165, 1.54) is 16.4 Å². The molecule has 182 valence electrons. The molecule has 0 saturated carbocycles. The van der Waals surface area contributed by atoms with Crippen molar-refractivity contribution in [1.29, 1.82) is 0 Å². The second-order valence-electron chi connectivity index (χ2n) is 7.81. The molecule has 1 fully saturated rings. The molecule has 0 bridgehead atoms. The van der Waals surface area contributed by atoms with Crippen LogP contribution in [-0.4, -0.2) is 57.4 Å². The van der Waals surface area contributed by atoms with Gasteiger partial charge in [0.1, 0.15) is 0 Å². The van der Waals surface area contributed by atoms with Gasteiger partial charge >= 0.3 is 0 Å². The van der Waals surface area contributed by atoms with E-state index in [9.17, 15) is 18.0 Å². The number of carbonyl (C=O) groups is 2. The number of ether oxygens (including phenoxy) is 1. The van der Waals surface area contributed by atoms with E-state index in [4.69, 9.17) is 4.74 Å². The molecule has 0 aliphatic carbocycles. The molecule has 0 spiro atoms. The van der Waals surface area contributed by atoms with Gasteiger partial charge in [0.25, 0.3) is 5.91 Å². The lowest BCUT2D eigenvalue weighted by atomic mass is 10.1. The number of amides is 2. The Morgan fingerprint density at radius 2 is 1.51 bits per heavy atom. The van der Waals surface area contributed by atoms with Crippen LogP contribution in [0.5, 0.6) is 0 Å². The summed E-state index contributed by atoms with van der Waals surface area (Å²) in [5, 5.41) is 8.49. The molecule has 10 heteroatoms. The van der Waals surface area contributed by atoms with E-state index in [0.29, 0.717) is 48.9 Å². The predicted octanol–water partition coefficient (Wildman–Crippen LogP) is 3.01. The van der Waals surface area contributed by atoms with Gasteiger partial charge in [-0.05, 0) is 42.5 Å². The molecule has 1 aliphatic rings. The zero-order chi connectivity index (χ0) is 24.7. The monoisotopic (exact) mass is 494 g/mol. The second-order valence-corrected chi connectivity index (χ2v) is 9.75. The molecule has 0 atom stereocenters. The molecule has 35 heavy (non-hydrogen) atoms. The molecule has 3 N–H and O–H groups in total. The number of sulfonamides is 1. The van der Waals surface area contributed by atoms with Crippen molar-refractivity contribution < 1.29 is 22.7 Å². The molecule has 0 radical (unpaired) electrons. The van der Waals surface area contributed by atoms with Crippen LogP contribution in [0.2, 0.25) is 0 Å². The third-order valence-corrected chi connectivity index (χ3v) is 7.27. The molecule has 3 aromatic carbocycles. The Balaban J connectivity index is 1.39. The van der Waals surface area contributed by atoms with Crippen LogP contribution in [0.4, 0.5) is 17.1 Å². The summed E-state index contributed by atoms with van der Waals surface area (Å²) in [5.41, 5.74) is 1.83. The highest BCUT2D eigenvalue weighted by Crippen LogP contribution is 2.21. The number of rotatable bonds is 8. The van der Waals surface area contributed by atoms with Gasteiger partial charge in [0.2, 0.25) is 15.9 Å². The summed E-state index contributed by atoms with van der Waals surface area (Å²) >= 11 is 0. The van der Waals surface area contributed by atoms with E-state index in [1.807, 2.05) is 18.2 Å². The third-order valence-electron chi connectivity index (χ3n) is 5.37. The number of hydrogen-bond donors (Lipinski definition) is 3. The Morgan fingerprint density at radius 3 is 2.29 bits per heavy atom. The van der Waals surface area contributed by atoms with Gasteiger partial charge in [-0.15, -0.1) is 0 Å². The summed E-state index contributed by atoms with van der Waals surface area (Å²) in [6, 6.07) is 22.1. The first-order valence-corrected chi connectivity index (χ1v) is 12.5. The zero-order valence-electron chi connectivity index (χ0n) is 18.9. The van der Waals surface area contributed by atoms with Crippen LogP contribution in [0.15, 0.2) is 83.8 Å². The van der Waals surface area contributed by atoms with Gasteiger partial charge in [-0.2, -0.15) is 4.31 Å². The average molecular weight is 495 g/mol. The van der Waals surface area contributed by atoms with Crippen LogP contribution in [0, 0.1) is 0 Å². The lowest BCUT2D eigenvalue weighted by molar-refractivity contribution is -0.114. The summed E-state index contributed by atoms with van der Waals surface area (Å²) in [6.07, 6.45) is 0. The maximum atomic E-state index is 12.9. The molecule has 0 unspecified atom stereocenters. The highest BCUT2D eigenvalue weighted by Gasteiger charge is 2.26. The molecule has 1 aliphatic heterocycles. The largest absolute Gasteiger partial charge is 0.379 e. The molecule has 0 aromatic heterocycles. The van der Waals surface area contributed by atoms with Crippen molar-refractivity contribution in [3.8, 4) is 0 Å². The highest BCUT2D eigenvalue weighted by molar-refractivity contribution is 7.89. The van der Waals surface area contributed by atoms with Gasteiger partial charge in [0, 0.05) is 24.5 Å². The Hall–Kier alpha value is -3.73. The van der Waals surface area contributed by atoms with E-state index in [0.717, 1.165) is 0 Å². The van der Waals surface area contributed by atoms with Crippen molar-refractivity contribution in [2.75, 3.05) is 48.8 Å². The first kappa shape index (κ1) is 24.4. The van der Waals surface area contributed by atoms with Crippen molar-refractivity contribution in [1.82, 2.24) is 4.31 Å². The Kier molecular flexibility index (Phi) is 7.76. The summed E-state index contributed by atoms with van der Waals surface area (Å²) in [7, 11) is -3.64. The number of hydrogen-bond acceptors (Lipinski definition) is 6. The van der Waals surface area contributed by atoms with Crippen molar-refractivity contribution in [2.24, 2.45) is 0 Å². The van der Waals surface area contributed by atoms with Crippen LogP contribution in [0.25, 0.3) is 0 Å². The lowest BCUT2D eigenvalue weighted by Crippen LogP contribution is -2.40. The Labute approximate surface area is 204 Å². The molecule has 1 saturated heterocycles. The third kappa shape index (κ3) is 6.24. The van der Waals surface area contributed by atoms with Crippen LogP contribution in [0.1, 0.15) is 10.4 Å². The zero-order valence-corrected chi connectivity index (χ0v) is 19.8. The fourth-order valence-electron chi connectivity index (χ4n) is 3.59. The summed E-state index contributed by atoms with van der Waals surface area (Å²) in [5.74, 6) is -0.729. The maximum absolute atomic E-state index is 12.9.